The van der Waals surface area contributed by atoms with E-state index in [2.05, 4.69) is 5.32 Å². The van der Waals surface area contributed by atoms with Gasteiger partial charge in [0, 0.05) is 13.2 Å². The van der Waals surface area contributed by atoms with Crippen LogP contribution in [0.2, 0.25) is 0 Å². The molecular weight excluding hydrogens is 230 g/mol. The number of nitrogens with one attached hydrogen (secondary N) is 1. The smallest absolute Gasteiger partial charge is 0.226 e. The van der Waals surface area contributed by atoms with E-state index in [0.29, 0.717) is 13.2 Å². The van der Waals surface area contributed by atoms with Gasteiger partial charge in [0.1, 0.15) is 0 Å². The summed E-state index contributed by atoms with van der Waals surface area (Å²) >= 11 is 0. The normalized spacial score (nSPS) is 23.0. The van der Waals surface area contributed by atoms with E-state index < -0.39 is 0 Å². The molecule has 0 aliphatic carbocycles. The molecule has 1 aliphatic heterocycles. The van der Waals surface area contributed by atoms with Gasteiger partial charge in [-0.05, 0) is 24.5 Å². The van der Waals surface area contributed by atoms with E-state index in [-0.39, 0.29) is 24.5 Å². The van der Waals surface area contributed by atoms with Gasteiger partial charge in [-0.1, -0.05) is 24.3 Å². The lowest BCUT2D eigenvalue weighted by molar-refractivity contribution is -0.126. The molecule has 1 aromatic rings. The molecule has 1 fully saturated rings. The topological polar surface area (TPSA) is 58.6 Å². The van der Waals surface area contributed by atoms with Crippen LogP contribution in [0.5, 0.6) is 0 Å². The summed E-state index contributed by atoms with van der Waals surface area (Å²) in [4.78, 5) is 11.9. The van der Waals surface area contributed by atoms with Gasteiger partial charge in [0.2, 0.25) is 5.91 Å². The standard InChI is InChI=1S/C14H19NO3/c1-10-13(5-6-18-10)14(17)15-8-11-3-2-4-12(7-11)9-16/h2-4,7,10,13,16H,5-6,8-9H2,1H3,(H,15,17). The summed E-state index contributed by atoms with van der Waals surface area (Å²) in [6, 6.07) is 7.58. The van der Waals surface area contributed by atoms with E-state index >= 15 is 0 Å². The fraction of sp³-hybridized carbons (Fsp3) is 0.500. The fourth-order valence-electron chi connectivity index (χ4n) is 2.23. The Morgan fingerprint density at radius 1 is 1.50 bits per heavy atom. The van der Waals surface area contributed by atoms with E-state index in [0.717, 1.165) is 17.5 Å². The second-order valence-corrected chi connectivity index (χ2v) is 4.67. The monoisotopic (exact) mass is 249 g/mol. The molecule has 2 unspecified atom stereocenters. The number of hydrogen-bond acceptors (Lipinski definition) is 3. The van der Waals surface area contributed by atoms with Crippen molar-refractivity contribution in [1.29, 1.82) is 0 Å². The molecule has 1 amide bonds. The van der Waals surface area contributed by atoms with Crippen molar-refractivity contribution in [3.63, 3.8) is 0 Å². The molecule has 4 nitrogen and oxygen atoms in total. The Labute approximate surface area is 107 Å². The largest absolute Gasteiger partial charge is 0.392 e. The van der Waals surface area contributed by atoms with Crippen molar-refractivity contribution in [3.8, 4) is 0 Å². The average Bonchev–Trinajstić information content (AvgIpc) is 2.82. The number of aliphatic hydroxyl groups excluding tert-OH is 1. The van der Waals surface area contributed by atoms with Gasteiger partial charge >= 0.3 is 0 Å². The first-order valence-electron chi connectivity index (χ1n) is 6.28. The maximum Gasteiger partial charge on any atom is 0.226 e. The number of ether oxygens (including phenoxy) is 1. The van der Waals surface area contributed by atoms with Crippen molar-refractivity contribution in [2.45, 2.75) is 32.6 Å². The van der Waals surface area contributed by atoms with Crippen molar-refractivity contribution >= 4 is 5.91 Å². The number of carbonyl (C=O) groups is 1. The quantitative estimate of drug-likeness (QED) is 0.843. The van der Waals surface area contributed by atoms with Crippen LogP contribution in [0.15, 0.2) is 24.3 Å². The molecule has 0 bridgehead atoms. The maximum atomic E-state index is 11.9. The number of aliphatic hydroxyl groups is 1. The van der Waals surface area contributed by atoms with Gasteiger partial charge in [-0.15, -0.1) is 0 Å². The zero-order chi connectivity index (χ0) is 13.0. The minimum atomic E-state index is -0.0361. The molecule has 4 heteroatoms. The lowest BCUT2D eigenvalue weighted by Crippen LogP contribution is -2.33. The van der Waals surface area contributed by atoms with Crippen LogP contribution >= 0.6 is 0 Å². The minimum Gasteiger partial charge on any atom is -0.392 e. The summed E-state index contributed by atoms with van der Waals surface area (Å²) in [5.41, 5.74) is 1.86. The molecule has 2 rings (SSSR count). The van der Waals surface area contributed by atoms with E-state index in [1.807, 2.05) is 31.2 Å². The molecule has 98 valence electrons. The van der Waals surface area contributed by atoms with Crippen molar-refractivity contribution in [2.24, 2.45) is 5.92 Å². The second kappa shape index (κ2) is 5.98. The second-order valence-electron chi connectivity index (χ2n) is 4.67. The molecule has 1 aliphatic rings. The predicted octanol–water partition coefficient (Wildman–Crippen LogP) is 1.22. The average molecular weight is 249 g/mol. The van der Waals surface area contributed by atoms with Crippen LogP contribution in [0.4, 0.5) is 0 Å². The molecule has 0 saturated carbocycles. The first-order chi connectivity index (χ1) is 8.70. The number of carbonyl (C=O) groups excluding carboxylic acids is 1. The lowest BCUT2D eigenvalue weighted by Gasteiger charge is -2.14. The van der Waals surface area contributed by atoms with Gasteiger partial charge in [0.25, 0.3) is 0 Å². The number of amides is 1. The van der Waals surface area contributed by atoms with E-state index in [4.69, 9.17) is 9.84 Å². The van der Waals surface area contributed by atoms with Crippen molar-refractivity contribution in [1.82, 2.24) is 5.32 Å². The fourth-order valence-corrected chi connectivity index (χ4v) is 2.23. The Balaban J connectivity index is 1.88. The summed E-state index contributed by atoms with van der Waals surface area (Å²) in [7, 11) is 0. The Kier molecular flexibility index (Phi) is 4.33. The summed E-state index contributed by atoms with van der Waals surface area (Å²) < 4.78 is 5.38. The van der Waals surface area contributed by atoms with Crippen molar-refractivity contribution in [2.75, 3.05) is 6.61 Å². The van der Waals surface area contributed by atoms with Crippen molar-refractivity contribution in [3.05, 3.63) is 35.4 Å². The zero-order valence-corrected chi connectivity index (χ0v) is 10.6. The summed E-state index contributed by atoms with van der Waals surface area (Å²) in [6.45, 7) is 3.12. The van der Waals surface area contributed by atoms with Gasteiger partial charge < -0.3 is 15.2 Å². The maximum absolute atomic E-state index is 11.9. The number of rotatable bonds is 4. The molecule has 2 N–H and O–H groups in total. The summed E-state index contributed by atoms with van der Waals surface area (Å²) in [6.07, 6.45) is 0.803. The molecule has 1 heterocycles. The van der Waals surface area contributed by atoms with Crippen LogP contribution in [0.25, 0.3) is 0 Å². The Morgan fingerprint density at radius 2 is 2.28 bits per heavy atom. The van der Waals surface area contributed by atoms with Crippen LogP contribution in [-0.4, -0.2) is 23.7 Å². The Bertz CT molecular complexity index is 419. The van der Waals surface area contributed by atoms with Gasteiger partial charge in [-0.25, -0.2) is 0 Å². The highest BCUT2D eigenvalue weighted by atomic mass is 16.5. The highest BCUT2D eigenvalue weighted by Crippen LogP contribution is 2.20. The van der Waals surface area contributed by atoms with Gasteiger partial charge in [0.05, 0.1) is 18.6 Å². The van der Waals surface area contributed by atoms with E-state index in [9.17, 15) is 4.79 Å². The Morgan fingerprint density at radius 3 is 2.94 bits per heavy atom. The highest BCUT2D eigenvalue weighted by Gasteiger charge is 2.30. The molecule has 18 heavy (non-hydrogen) atoms. The third-order valence-electron chi connectivity index (χ3n) is 3.35. The van der Waals surface area contributed by atoms with Crippen LogP contribution in [0.1, 0.15) is 24.5 Å². The van der Waals surface area contributed by atoms with E-state index in [1.165, 1.54) is 0 Å². The molecule has 0 aromatic heterocycles. The minimum absolute atomic E-state index is 0.00813. The van der Waals surface area contributed by atoms with Crippen LogP contribution in [0, 0.1) is 5.92 Å². The summed E-state index contributed by atoms with van der Waals surface area (Å²) in [5, 5.41) is 12.0. The van der Waals surface area contributed by atoms with E-state index in [1.54, 1.807) is 0 Å². The summed E-state index contributed by atoms with van der Waals surface area (Å²) in [5.74, 6) is 0.0143. The molecule has 0 spiro atoms. The number of hydrogen-bond donors (Lipinski definition) is 2. The van der Waals surface area contributed by atoms with Gasteiger partial charge in [-0.2, -0.15) is 0 Å². The van der Waals surface area contributed by atoms with Gasteiger partial charge in [-0.3, -0.25) is 4.79 Å². The van der Waals surface area contributed by atoms with Crippen LogP contribution < -0.4 is 5.32 Å². The molecular formula is C14H19NO3. The molecule has 1 saturated heterocycles. The highest BCUT2D eigenvalue weighted by molar-refractivity contribution is 5.79. The first-order valence-corrected chi connectivity index (χ1v) is 6.28. The molecule has 1 aromatic carbocycles. The molecule has 0 radical (unpaired) electrons. The molecule has 2 atom stereocenters. The Hall–Kier alpha value is -1.39. The number of benzene rings is 1. The van der Waals surface area contributed by atoms with Crippen LogP contribution in [0.3, 0.4) is 0 Å². The SMILES string of the molecule is CC1OCCC1C(=O)NCc1cccc(CO)c1. The van der Waals surface area contributed by atoms with Crippen LogP contribution in [-0.2, 0) is 22.7 Å². The van der Waals surface area contributed by atoms with Gasteiger partial charge in [0.15, 0.2) is 0 Å². The van der Waals surface area contributed by atoms with Crippen molar-refractivity contribution < 1.29 is 14.6 Å². The third-order valence-corrected chi connectivity index (χ3v) is 3.35. The zero-order valence-electron chi connectivity index (χ0n) is 10.6. The lowest BCUT2D eigenvalue weighted by atomic mass is 10.0. The first kappa shape index (κ1) is 13.1. The third kappa shape index (κ3) is 3.09. The predicted molar refractivity (Wildman–Crippen MR) is 67.7 cm³/mol.